The van der Waals surface area contributed by atoms with Gasteiger partial charge in [-0.15, -0.1) is 0 Å². The van der Waals surface area contributed by atoms with Crippen molar-refractivity contribution in [1.82, 2.24) is 9.80 Å². The molecule has 2 aliphatic heterocycles. The summed E-state index contributed by atoms with van der Waals surface area (Å²) in [6.45, 7) is 2.22. The zero-order valence-corrected chi connectivity index (χ0v) is 13.4. The van der Waals surface area contributed by atoms with Crippen molar-refractivity contribution in [3.05, 3.63) is 0 Å². The highest BCUT2D eigenvalue weighted by molar-refractivity contribution is 6.08. The molecule has 5 nitrogen and oxygen atoms in total. The lowest BCUT2D eigenvalue weighted by Crippen LogP contribution is -2.54. The zero-order valence-electron chi connectivity index (χ0n) is 13.4. The van der Waals surface area contributed by atoms with Crippen LogP contribution in [0.2, 0.25) is 0 Å². The normalized spacial score (nSPS) is 25.3. The lowest BCUT2D eigenvalue weighted by Gasteiger charge is -2.37. The van der Waals surface area contributed by atoms with Crippen LogP contribution < -0.4 is 0 Å². The number of amides is 2. The first-order valence-corrected chi connectivity index (χ1v) is 7.90. The van der Waals surface area contributed by atoms with Crippen molar-refractivity contribution >= 4 is 17.6 Å². The number of amidine groups is 1. The fourth-order valence-corrected chi connectivity index (χ4v) is 3.16. The number of nitrogens with zero attached hydrogens (tertiary/aromatic N) is 3. The van der Waals surface area contributed by atoms with E-state index in [4.69, 9.17) is 0 Å². The third kappa shape index (κ3) is 3.84. The molecule has 0 aromatic rings. The third-order valence-corrected chi connectivity index (χ3v) is 4.36. The van der Waals surface area contributed by atoms with Crippen LogP contribution in [0.1, 0.15) is 45.4 Å². The van der Waals surface area contributed by atoms with E-state index in [1.807, 2.05) is 6.92 Å². The standard InChI is InChI=1S/C15H22F3N3O2/c1-3-4-6-11-19-14(13(23)20(11)2)7-5-8-21(10-14)12(22)9-15(16,17)18/h3-10H2,1-2H3. The van der Waals surface area contributed by atoms with Crippen LogP contribution in [0, 0.1) is 0 Å². The van der Waals surface area contributed by atoms with Gasteiger partial charge in [0, 0.05) is 20.0 Å². The van der Waals surface area contributed by atoms with Gasteiger partial charge in [-0.05, 0) is 19.3 Å². The van der Waals surface area contributed by atoms with Crippen molar-refractivity contribution in [1.29, 1.82) is 0 Å². The number of alkyl halides is 3. The number of carbonyl (C=O) groups excluding carboxylic acids is 2. The maximum atomic E-state index is 12.6. The largest absolute Gasteiger partial charge is 0.397 e. The molecule has 1 spiro atoms. The number of piperidine rings is 1. The summed E-state index contributed by atoms with van der Waals surface area (Å²) in [5.41, 5.74) is -1.09. The summed E-state index contributed by atoms with van der Waals surface area (Å²) in [6, 6.07) is 0. The molecule has 1 unspecified atom stereocenters. The Bertz CT molecular complexity index is 519. The molecule has 2 amide bonds. The van der Waals surface area contributed by atoms with Crippen LogP contribution >= 0.6 is 0 Å². The lowest BCUT2D eigenvalue weighted by molar-refractivity contribution is -0.163. The molecule has 1 atom stereocenters. The number of aliphatic imine (C=N–C) groups is 1. The van der Waals surface area contributed by atoms with Crippen molar-refractivity contribution in [3.8, 4) is 0 Å². The maximum Gasteiger partial charge on any atom is 0.397 e. The SMILES string of the molecule is CCCCC1=NC2(CCCN(C(=O)CC(F)(F)F)C2)C(=O)N1C. The topological polar surface area (TPSA) is 53.0 Å². The number of likely N-dealkylation sites (N-methyl/N-ethyl adjacent to an activating group) is 1. The van der Waals surface area contributed by atoms with Crippen molar-refractivity contribution < 1.29 is 22.8 Å². The number of likely N-dealkylation sites (tertiary alicyclic amines) is 1. The molecule has 8 heteroatoms. The Morgan fingerprint density at radius 2 is 2.09 bits per heavy atom. The number of rotatable bonds is 4. The van der Waals surface area contributed by atoms with Crippen LogP contribution in [-0.2, 0) is 9.59 Å². The Labute approximate surface area is 133 Å². The van der Waals surface area contributed by atoms with Gasteiger partial charge in [-0.1, -0.05) is 13.3 Å². The summed E-state index contributed by atoms with van der Waals surface area (Å²) < 4.78 is 37.3. The van der Waals surface area contributed by atoms with Crippen LogP contribution in [0.5, 0.6) is 0 Å². The highest BCUT2D eigenvalue weighted by atomic mass is 19.4. The van der Waals surface area contributed by atoms with E-state index in [-0.39, 0.29) is 19.0 Å². The van der Waals surface area contributed by atoms with E-state index in [2.05, 4.69) is 4.99 Å². The lowest BCUT2D eigenvalue weighted by atomic mass is 9.89. The van der Waals surface area contributed by atoms with E-state index in [9.17, 15) is 22.8 Å². The Morgan fingerprint density at radius 1 is 1.39 bits per heavy atom. The second kappa shape index (κ2) is 6.49. The summed E-state index contributed by atoms with van der Waals surface area (Å²) in [5.74, 6) is -0.528. The van der Waals surface area contributed by atoms with Crippen molar-refractivity contribution in [2.45, 2.75) is 57.2 Å². The predicted octanol–water partition coefficient (Wildman–Crippen LogP) is 2.36. The summed E-state index contributed by atoms with van der Waals surface area (Å²) in [7, 11) is 1.64. The Balaban J connectivity index is 2.14. The van der Waals surface area contributed by atoms with E-state index in [0.29, 0.717) is 25.1 Å². The van der Waals surface area contributed by atoms with Crippen LogP contribution in [0.25, 0.3) is 0 Å². The minimum atomic E-state index is -4.53. The minimum Gasteiger partial charge on any atom is -0.339 e. The average Bonchev–Trinajstić information content (AvgIpc) is 2.69. The van der Waals surface area contributed by atoms with Gasteiger partial charge in [0.25, 0.3) is 5.91 Å². The van der Waals surface area contributed by atoms with Gasteiger partial charge in [-0.2, -0.15) is 13.2 Å². The zero-order chi connectivity index (χ0) is 17.3. The van der Waals surface area contributed by atoms with Crippen molar-refractivity contribution in [3.63, 3.8) is 0 Å². The fraction of sp³-hybridized carbons (Fsp3) is 0.800. The van der Waals surface area contributed by atoms with Gasteiger partial charge in [0.1, 0.15) is 12.3 Å². The molecular weight excluding hydrogens is 311 g/mol. The molecular formula is C15H22F3N3O2. The molecule has 130 valence electrons. The maximum absolute atomic E-state index is 12.6. The van der Waals surface area contributed by atoms with Crippen molar-refractivity contribution in [2.75, 3.05) is 20.1 Å². The fourth-order valence-electron chi connectivity index (χ4n) is 3.16. The summed E-state index contributed by atoms with van der Waals surface area (Å²) in [4.78, 5) is 31.5. The van der Waals surface area contributed by atoms with Gasteiger partial charge >= 0.3 is 6.18 Å². The van der Waals surface area contributed by atoms with Gasteiger partial charge in [0.2, 0.25) is 5.91 Å². The molecule has 2 aliphatic rings. The Hall–Kier alpha value is -1.60. The van der Waals surface area contributed by atoms with E-state index < -0.39 is 24.0 Å². The number of carbonyl (C=O) groups is 2. The molecule has 0 radical (unpaired) electrons. The number of unbranched alkanes of at least 4 members (excludes halogenated alkanes) is 1. The molecule has 1 fully saturated rings. The van der Waals surface area contributed by atoms with E-state index in [1.54, 1.807) is 7.05 Å². The van der Waals surface area contributed by atoms with E-state index >= 15 is 0 Å². The highest BCUT2D eigenvalue weighted by Gasteiger charge is 2.50. The summed E-state index contributed by atoms with van der Waals surface area (Å²) in [6.07, 6.45) is -2.55. The van der Waals surface area contributed by atoms with Crippen LogP contribution in [0.4, 0.5) is 13.2 Å². The van der Waals surface area contributed by atoms with Gasteiger partial charge in [0.05, 0.1) is 6.54 Å². The first kappa shape index (κ1) is 17.7. The first-order valence-electron chi connectivity index (χ1n) is 7.90. The first-order chi connectivity index (χ1) is 10.7. The van der Waals surface area contributed by atoms with Crippen LogP contribution in [0.3, 0.4) is 0 Å². The molecule has 0 saturated carbocycles. The molecule has 0 bridgehead atoms. The quantitative estimate of drug-likeness (QED) is 0.793. The van der Waals surface area contributed by atoms with Crippen LogP contribution in [-0.4, -0.2) is 59.3 Å². The van der Waals surface area contributed by atoms with Gasteiger partial charge in [-0.25, -0.2) is 0 Å². The van der Waals surface area contributed by atoms with Gasteiger partial charge < -0.3 is 9.80 Å². The molecule has 0 aromatic carbocycles. The Morgan fingerprint density at radius 3 is 2.70 bits per heavy atom. The minimum absolute atomic E-state index is 0.0548. The molecule has 0 aromatic heterocycles. The third-order valence-electron chi connectivity index (χ3n) is 4.36. The Kier molecular flexibility index (Phi) is 5.01. The molecule has 2 heterocycles. The van der Waals surface area contributed by atoms with Crippen LogP contribution in [0.15, 0.2) is 4.99 Å². The molecule has 2 rings (SSSR count). The second-order valence-electron chi connectivity index (χ2n) is 6.24. The molecule has 23 heavy (non-hydrogen) atoms. The monoisotopic (exact) mass is 333 g/mol. The average molecular weight is 333 g/mol. The van der Waals surface area contributed by atoms with Gasteiger partial charge in [-0.3, -0.25) is 14.6 Å². The van der Waals surface area contributed by atoms with E-state index in [0.717, 1.165) is 17.7 Å². The molecule has 1 saturated heterocycles. The summed E-state index contributed by atoms with van der Waals surface area (Å²) in [5, 5.41) is 0. The molecule has 0 N–H and O–H groups in total. The van der Waals surface area contributed by atoms with Crippen molar-refractivity contribution in [2.24, 2.45) is 4.99 Å². The summed E-state index contributed by atoms with van der Waals surface area (Å²) >= 11 is 0. The highest BCUT2D eigenvalue weighted by Crippen LogP contribution is 2.34. The molecule has 0 aliphatic carbocycles. The van der Waals surface area contributed by atoms with Gasteiger partial charge in [0.15, 0.2) is 5.54 Å². The number of hydrogen-bond acceptors (Lipinski definition) is 3. The van der Waals surface area contributed by atoms with E-state index in [1.165, 1.54) is 4.90 Å². The number of hydrogen-bond donors (Lipinski definition) is 0. The predicted molar refractivity (Wildman–Crippen MR) is 78.9 cm³/mol. The second-order valence-corrected chi connectivity index (χ2v) is 6.24. The number of halogens is 3. The smallest absolute Gasteiger partial charge is 0.339 e.